The molecule has 100 valence electrons. The SMILES string of the molecule is CCCC[C@@H](CC(=O)O)NC(=O)OC(C)(C)C. The lowest BCUT2D eigenvalue weighted by Gasteiger charge is -2.22. The van der Waals surface area contributed by atoms with Gasteiger partial charge in [-0.15, -0.1) is 0 Å². The zero-order chi connectivity index (χ0) is 13.5. The molecule has 0 aliphatic carbocycles. The molecule has 0 aliphatic heterocycles. The van der Waals surface area contributed by atoms with Gasteiger partial charge in [0.15, 0.2) is 0 Å². The molecule has 0 aromatic carbocycles. The Hall–Kier alpha value is -1.26. The maximum absolute atomic E-state index is 11.5. The van der Waals surface area contributed by atoms with Gasteiger partial charge < -0.3 is 15.2 Å². The number of alkyl carbamates (subject to hydrolysis) is 1. The highest BCUT2D eigenvalue weighted by atomic mass is 16.6. The summed E-state index contributed by atoms with van der Waals surface area (Å²) >= 11 is 0. The summed E-state index contributed by atoms with van der Waals surface area (Å²) in [5.74, 6) is -0.915. The first-order chi connectivity index (χ1) is 7.74. The third-order valence-electron chi connectivity index (χ3n) is 2.05. The van der Waals surface area contributed by atoms with Crippen LogP contribution in [0.4, 0.5) is 4.79 Å². The second-order valence-electron chi connectivity index (χ2n) is 5.08. The molecule has 5 heteroatoms. The number of carboxylic acids is 1. The lowest BCUT2D eigenvalue weighted by molar-refractivity contribution is -0.137. The minimum atomic E-state index is -0.915. The van der Waals surface area contributed by atoms with Crippen LogP contribution in [0.3, 0.4) is 0 Å². The Labute approximate surface area is 103 Å². The molecule has 0 rings (SSSR count). The topological polar surface area (TPSA) is 75.6 Å². The molecule has 0 heterocycles. The lowest BCUT2D eigenvalue weighted by Crippen LogP contribution is -2.40. The first-order valence-electron chi connectivity index (χ1n) is 5.96. The number of ether oxygens (including phenoxy) is 1. The van der Waals surface area contributed by atoms with Gasteiger partial charge in [0.2, 0.25) is 0 Å². The molecule has 17 heavy (non-hydrogen) atoms. The number of aliphatic carboxylic acids is 1. The van der Waals surface area contributed by atoms with E-state index in [4.69, 9.17) is 9.84 Å². The molecule has 2 N–H and O–H groups in total. The lowest BCUT2D eigenvalue weighted by atomic mass is 10.1. The van der Waals surface area contributed by atoms with E-state index in [9.17, 15) is 9.59 Å². The fourth-order valence-corrected chi connectivity index (χ4v) is 1.36. The van der Waals surface area contributed by atoms with E-state index in [1.165, 1.54) is 0 Å². The molecule has 0 bridgehead atoms. The zero-order valence-electron chi connectivity index (χ0n) is 11.1. The average Bonchev–Trinajstić information content (AvgIpc) is 2.09. The number of carbonyl (C=O) groups excluding carboxylic acids is 1. The number of hydrogen-bond acceptors (Lipinski definition) is 3. The van der Waals surface area contributed by atoms with E-state index in [-0.39, 0.29) is 12.5 Å². The average molecular weight is 245 g/mol. The largest absolute Gasteiger partial charge is 0.481 e. The molecule has 1 atom stereocenters. The summed E-state index contributed by atoms with van der Waals surface area (Å²) in [7, 11) is 0. The first-order valence-corrected chi connectivity index (χ1v) is 5.96. The van der Waals surface area contributed by atoms with Crippen LogP contribution in [0.2, 0.25) is 0 Å². The molecule has 0 saturated heterocycles. The standard InChI is InChI=1S/C12H23NO4/c1-5-6-7-9(8-10(14)15)13-11(16)17-12(2,3)4/h9H,5-8H2,1-4H3,(H,13,16)(H,14,15)/t9-/m0/s1. The number of rotatable bonds is 6. The highest BCUT2D eigenvalue weighted by molar-refractivity contribution is 5.71. The number of carboxylic acid groups (broad SMARTS) is 1. The Morgan fingerprint density at radius 1 is 1.35 bits per heavy atom. The van der Waals surface area contributed by atoms with Gasteiger partial charge in [0.25, 0.3) is 0 Å². The summed E-state index contributed by atoms with van der Waals surface area (Å²) in [5, 5.41) is 11.3. The van der Waals surface area contributed by atoms with Gasteiger partial charge in [0, 0.05) is 6.04 Å². The Kier molecular flexibility index (Phi) is 6.61. The van der Waals surface area contributed by atoms with Crippen LogP contribution in [-0.4, -0.2) is 28.8 Å². The van der Waals surface area contributed by atoms with Crippen molar-refractivity contribution in [3.8, 4) is 0 Å². The van der Waals surface area contributed by atoms with Crippen molar-refractivity contribution >= 4 is 12.1 Å². The number of nitrogens with one attached hydrogen (secondary N) is 1. The van der Waals surface area contributed by atoms with Crippen LogP contribution in [-0.2, 0) is 9.53 Å². The van der Waals surface area contributed by atoms with E-state index in [2.05, 4.69) is 5.32 Å². The summed E-state index contributed by atoms with van der Waals surface area (Å²) in [6.45, 7) is 7.33. The molecule has 0 spiro atoms. The molecule has 0 aromatic rings. The van der Waals surface area contributed by atoms with Gasteiger partial charge in [0.05, 0.1) is 6.42 Å². The van der Waals surface area contributed by atoms with Crippen molar-refractivity contribution in [2.24, 2.45) is 0 Å². The van der Waals surface area contributed by atoms with Crippen LogP contribution in [0.1, 0.15) is 53.4 Å². The molecule has 0 aromatic heterocycles. The van der Waals surface area contributed by atoms with E-state index < -0.39 is 17.7 Å². The van der Waals surface area contributed by atoms with Gasteiger partial charge in [-0.25, -0.2) is 4.79 Å². The maximum Gasteiger partial charge on any atom is 0.407 e. The Morgan fingerprint density at radius 2 is 1.94 bits per heavy atom. The van der Waals surface area contributed by atoms with E-state index >= 15 is 0 Å². The van der Waals surface area contributed by atoms with Crippen LogP contribution in [0.25, 0.3) is 0 Å². The minimum absolute atomic E-state index is 0.0702. The molecule has 0 aliphatic rings. The van der Waals surface area contributed by atoms with Crippen molar-refractivity contribution < 1.29 is 19.4 Å². The third kappa shape index (κ3) is 9.66. The first kappa shape index (κ1) is 15.7. The maximum atomic E-state index is 11.5. The fraction of sp³-hybridized carbons (Fsp3) is 0.833. The van der Waals surface area contributed by atoms with Crippen molar-refractivity contribution in [3.05, 3.63) is 0 Å². The smallest absolute Gasteiger partial charge is 0.407 e. The molecular weight excluding hydrogens is 222 g/mol. The van der Waals surface area contributed by atoms with Crippen molar-refractivity contribution in [2.75, 3.05) is 0 Å². The zero-order valence-corrected chi connectivity index (χ0v) is 11.1. The van der Waals surface area contributed by atoms with Crippen LogP contribution in [0.15, 0.2) is 0 Å². The molecule has 0 radical (unpaired) electrons. The van der Waals surface area contributed by atoms with Crippen LogP contribution in [0.5, 0.6) is 0 Å². The quantitative estimate of drug-likeness (QED) is 0.754. The summed E-state index contributed by atoms with van der Waals surface area (Å²) in [6, 6.07) is -0.359. The number of carbonyl (C=O) groups is 2. The van der Waals surface area contributed by atoms with Crippen LogP contribution < -0.4 is 5.32 Å². The highest BCUT2D eigenvalue weighted by Gasteiger charge is 2.20. The predicted octanol–water partition coefficient (Wildman–Crippen LogP) is 2.54. The summed E-state index contributed by atoms with van der Waals surface area (Å²) in [6.07, 6.45) is 1.88. The van der Waals surface area contributed by atoms with E-state index in [0.717, 1.165) is 12.8 Å². The predicted molar refractivity (Wildman–Crippen MR) is 64.9 cm³/mol. The van der Waals surface area contributed by atoms with Gasteiger partial charge >= 0.3 is 12.1 Å². The van der Waals surface area contributed by atoms with Gasteiger partial charge in [-0.05, 0) is 27.2 Å². The Balaban J connectivity index is 4.21. The van der Waals surface area contributed by atoms with Gasteiger partial charge in [-0.2, -0.15) is 0 Å². The molecule has 0 unspecified atom stereocenters. The van der Waals surface area contributed by atoms with Crippen molar-refractivity contribution in [3.63, 3.8) is 0 Å². The molecule has 0 fully saturated rings. The van der Waals surface area contributed by atoms with Crippen molar-refractivity contribution in [2.45, 2.75) is 65.0 Å². The van der Waals surface area contributed by atoms with Crippen LogP contribution >= 0.6 is 0 Å². The van der Waals surface area contributed by atoms with Gasteiger partial charge in [-0.1, -0.05) is 19.8 Å². The summed E-state index contributed by atoms with van der Waals surface area (Å²) in [4.78, 5) is 22.1. The monoisotopic (exact) mass is 245 g/mol. The second-order valence-corrected chi connectivity index (χ2v) is 5.08. The highest BCUT2D eigenvalue weighted by Crippen LogP contribution is 2.09. The second kappa shape index (κ2) is 7.14. The molecular formula is C12H23NO4. The van der Waals surface area contributed by atoms with Crippen LogP contribution in [0, 0.1) is 0 Å². The van der Waals surface area contributed by atoms with E-state index in [1.54, 1.807) is 20.8 Å². The third-order valence-corrected chi connectivity index (χ3v) is 2.05. The number of amides is 1. The number of hydrogen-bond donors (Lipinski definition) is 2. The van der Waals surface area contributed by atoms with Gasteiger partial charge in [-0.3, -0.25) is 4.79 Å². The summed E-state index contributed by atoms with van der Waals surface area (Å²) < 4.78 is 5.09. The van der Waals surface area contributed by atoms with E-state index in [0.29, 0.717) is 6.42 Å². The summed E-state index contributed by atoms with van der Waals surface area (Å²) in [5.41, 5.74) is -0.567. The number of unbranched alkanes of at least 4 members (excludes halogenated alkanes) is 1. The minimum Gasteiger partial charge on any atom is -0.481 e. The van der Waals surface area contributed by atoms with Crippen molar-refractivity contribution in [1.29, 1.82) is 0 Å². The Bertz CT molecular complexity index is 258. The molecule has 1 amide bonds. The molecule has 0 saturated carbocycles. The van der Waals surface area contributed by atoms with E-state index in [1.807, 2.05) is 6.92 Å². The fourth-order valence-electron chi connectivity index (χ4n) is 1.36. The molecule has 5 nitrogen and oxygen atoms in total. The van der Waals surface area contributed by atoms with Crippen molar-refractivity contribution in [1.82, 2.24) is 5.32 Å². The van der Waals surface area contributed by atoms with Gasteiger partial charge in [0.1, 0.15) is 5.60 Å². The Morgan fingerprint density at radius 3 is 2.35 bits per heavy atom. The normalized spacial score (nSPS) is 12.9.